The van der Waals surface area contributed by atoms with E-state index in [1.165, 1.54) is 64.6 Å². The van der Waals surface area contributed by atoms with E-state index >= 15 is 0 Å². The summed E-state index contributed by atoms with van der Waals surface area (Å²) < 4.78 is 0. The predicted octanol–water partition coefficient (Wildman–Crippen LogP) is 2.39. The van der Waals surface area contributed by atoms with Gasteiger partial charge in [0.2, 0.25) is 0 Å². The Morgan fingerprint density at radius 3 is 2.58 bits per heavy atom. The predicted molar refractivity (Wildman–Crippen MR) is 80.3 cm³/mol. The van der Waals surface area contributed by atoms with Crippen LogP contribution < -0.4 is 5.32 Å². The molecule has 19 heavy (non-hydrogen) atoms. The van der Waals surface area contributed by atoms with Crippen LogP contribution in [0.4, 0.5) is 0 Å². The zero-order valence-electron chi connectivity index (χ0n) is 12.6. The van der Waals surface area contributed by atoms with Crippen LogP contribution in [0.25, 0.3) is 0 Å². The lowest BCUT2D eigenvalue weighted by molar-refractivity contribution is 0.125. The van der Waals surface area contributed by atoms with Crippen molar-refractivity contribution in [2.45, 2.75) is 70.4 Å². The highest BCUT2D eigenvalue weighted by atomic mass is 16.2. The van der Waals surface area contributed by atoms with Crippen LogP contribution in [0.2, 0.25) is 0 Å². The van der Waals surface area contributed by atoms with E-state index in [2.05, 4.69) is 17.1 Å². The summed E-state index contributed by atoms with van der Waals surface area (Å²) in [4.78, 5) is 2.59. The number of likely N-dealkylation sites (N-methyl/N-ethyl adjacent to an activating group) is 1. The quantitative estimate of drug-likeness (QED) is 0.776. The number of aliphatic hydroxyl groups is 1. The summed E-state index contributed by atoms with van der Waals surface area (Å²) in [6, 6.07) is 1.45. The second kappa shape index (κ2) is 8.23. The highest BCUT2D eigenvalue weighted by molar-refractivity contribution is 4.86. The van der Waals surface area contributed by atoms with Gasteiger partial charge in [-0.2, -0.15) is 0 Å². The summed E-state index contributed by atoms with van der Waals surface area (Å²) in [7, 11) is 0. The summed E-state index contributed by atoms with van der Waals surface area (Å²) in [6.45, 7) is 6.25. The number of hydrogen-bond acceptors (Lipinski definition) is 3. The van der Waals surface area contributed by atoms with Crippen molar-refractivity contribution in [1.29, 1.82) is 0 Å². The van der Waals surface area contributed by atoms with Crippen molar-refractivity contribution in [2.75, 3.05) is 26.2 Å². The Labute approximate surface area is 118 Å². The lowest BCUT2D eigenvalue weighted by Crippen LogP contribution is -2.52. The molecule has 2 atom stereocenters. The average molecular weight is 268 g/mol. The zero-order chi connectivity index (χ0) is 13.5. The minimum absolute atomic E-state index is 0.351. The average Bonchev–Trinajstić information content (AvgIpc) is 2.46. The molecule has 0 aromatic heterocycles. The Hall–Kier alpha value is -0.120. The third-order valence-corrected chi connectivity index (χ3v) is 4.91. The Morgan fingerprint density at radius 1 is 1.11 bits per heavy atom. The fourth-order valence-corrected chi connectivity index (χ4v) is 3.87. The fourth-order valence-electron chi connectivity index (χ4n) is 3.87. The molecule has 1 saturated carbocycles. The van der Waals surface area contributed by atoms with Crippen molar-refractivity contribution in [1.82, 2.24) is 10.2 Å². The largest absolute Gasteiger partial charge is 0.396 e. The van der Waals surface area contributed by atoms with Gasteiger partial charge in [-0.25, -0.2) is 0 Å². The molecule has 0 spiro atoms. The Kier molecular flexibility index (Phi) is 6.62. The third-order valence-electron chi connectivity index (χ3n) is 4.91. The van der Waals surface area contributed by atoms with Gasteiger partial charge in [0.25, 0.3) is 0 Å². The molecule has 112 valence electrons. The second-order valence-corrected chi connectivity index (χ2v) is 6.52. The van der Waals surface area contributed by atoms with Gasteiger partial charge in [-0.1, -0.05) is 26.2 Å². The van der Waals surface area contributed by atoms with E-state index < -0.39 is 0 Å². The third kappa shape index (κ3) is 5.05. The van der Waals surface area contributed by atoms with Gasteiger partial charge in [0.05, 0.1) is 0 Å². The molecule has 1 saturated heterocycles. The van der Waals surface area contributed by atoms with Crippen LogP contribution in [-0.4, -0.2) is 48.3 Å². The van der Waals surface area contributed by atoms with Crippen molar-refractivity contribution in [3.63, 3.8) is 0 Å². The molecule has 1 aliphatic heterocycles. The lowest BCUT2D eigenvalue weighted by atomic mass is 9.88. The Balaban J connectivity index is 1.80. The molecule has 2 aliphatic rings. The number of hydrogen-bond donors (Lipinski definition) is 2. The minimum Gasteiger partial charge on any atom is -0.396 e. The van der Waals surface area contributed by atoms with Gasteiger partial charge in [0.15, 0.2) is 0 Å². The topological polar surface area (TPSA) is 35.5 Å². The minimum atomic E-state index is 0.351. The van der Waals surface area contributed by atoms with Crippen molar-refractivity contribution < 1.29 is 5.11 Å². The molecule has 0 amide bonds. The molecule has 3 heteroatoms. The van der Waals surface area contributed by atoms with E-state index in [-0.39, 0.29) is 0 Å². The molecule has 0 bridgehead atoms. The van der Waals surface area contributed by atoms with Crippen LogP contribution in [0, 0.1) is 5.92 Å². The highest BCUT2D eigenvalue weighted by Crippen LogP contribution is 2.24. The van der Waals surface area contributed by atoms with E-state index in [0.717, 1.165) is 18.4 Å². The summed E-state index contributed by atoms with van der Waals surface area (Å²) in [5.74, 6) is 0.780. The first-order valence-corrected chi connectivity index (χ1v) is 8.41. The van der Waals surface area contributed by atoms with Crippen LogP contribution in [0.5, 0.6) is 0 Å². The van der Waals surface area contributed by atoms with E-state index in [1.54, 1.807) is 0 Å². The van der Waals surface area contributed by atoms with Crippen LogP contribution >= 0.6 is 0 Å². The maximum Gasteiger partial charge on any atom is 0.0431 e. The summed E-state index contributed by atoms with van der Waals surface area (Å²) >= 11 is 0. The second-order valence-electron chi connectivity index (χ2n) is 6.52. The monoisotopic (exact) mass is 268 g/mol. The Morgan fingerprint density at radius 2 is 1.89 bits per heavy atom. The molecule has 0 aromatic rings. The van der Waals surface area contributed by atoms with Gasteiger partial charge in [-0.15, -0.1) is 0 Å². The van der Waals surface area contributed by atoms with Crippen LogP contribution in [0.15, 0.2) is 0 Å². The van der Waals surface area contributed by atoms with Gasteiger partial charge >= 0.3 is 0 Å². The van der Waals surface area contributed by atoms with E-state index in [1.807, 2.05) is 0 Å². The summed E-state index contributed by atoms with van der Waals surface area (Å²) in [5, 5.41) is 12.9. The standard InChI is InChI=1S/C16H32N2O/c1-2-18-12-14(7-6-10-19)11-16(13-18)17-15-8-4-3-5-9-15/h14-17,19H,2-13H2,1H3. The molecule has 1 heterocycles. The molecular formula is C16H32N2O. The fraction of sp³-hybridized carbons (Fsp3) is 1.00. The first-order chi connectivity index (χ1) is 9.31. The number of rotatable bonds is 6. The van der Waals surface area contributed by atoms with E-state index in [4.69, 9.17) is 5.11 Å². The van der Waals surface area contributed by atoms with Gasteiger partial charge < -0.3 is 15.3 Å². The Bertz CT molecular complexity index is 241. The van der Waals surface area contributed by atoms with Crippen LogP contribution in [0.1, 0.15) is 58.3 Å². The van der Waals surface area contributed by atoms with Gasteiger partial charge in [0, 0.05) is 31.8 Å². The van der Waals surface area contributed by atoms with Crippen molar-refractivity contribution in [2.24, 2.45) is 5.92 Å². The first-order valence-electron chi connectivity index (χ1n) is 8.41. The molecule has 2 fully saturated rings. The maximum absolute atomic E-state index is 9.02. The van der Waals surface area contributed by atoms with Gasteiger partial charge in [-0.05, 0) is 44.6 Å². The van der Waals surface area contributed by atoms with Crippen LogP contribution in [0.3, 0.4) is 0 Å². The molecular weight excluding hydrogens is 236 g/mol. The van der Waals surface area contributed by atoms with E-state index in [0.29, 0.717) is 12.6 Å². The zero-order valence-corrected chi connectivity index (χ0v) is 12.6. The number of nitrogens with one attached hydrogen (secondary N) is 1. The highest BCUT2D eigenvalue weighted by Gasteiger charge is 2.27. The molecule has 0 radical (unpaired) electrons. The maximum atomic E-state index is 9.02. The SMILES string of the molecule is CCN1CC(CCCO)CC(NC2CCCCC2)C1. The molecule has 1 aliphatic carbocycles. The number of aliphatic hydroxyl groups excluding tert-OH is 1. The number of likely N-dealkylation sites (tertiary alicyclic amines) is 1. The van der Waals surface area contributed by atoms with Crippen molar-refractivity contribution in [3.8, 4) is 0 Å². The summed E-state index contributed by atoms with van der Waals surface area (Å²) in [5.41, 5.74) is 0. The van der Waals surface area contributed by atoms with Gasteiger partial charge in [0.1, 0.15) is 0 Å². The number of nitrogens with zero attached hydrogens (tertiary/aromatic N) is 1. The molecule has 0 aromatic carbocycles. The van der Waals surface area contributed by atoms with Gasteiger partial charge in [-0.3, -0.25) is 0 Å². The van der Waals surface area contributed by atoms with Crippen molar-refractivity contribution in [3.05, 3.63) is 0 Å². The first kappa shape index (κ1) is 15.3. The lowest BCUT2D eigenvalue weighted by Gasteiger charge is -2.40. The van der Waals surface area contributed by atoms with E-state index in [9.17, 15) is 0 Å². The normalized spacial score (nSPS) is 30.6. The molecule has 2 unspecified atom stereocenters. The van der Waals surface area contributed by atoms with Crippen LogP contribution in [-0.2, 0) is 0 Å². The molecule has 2 rings (SSSR count). The summed E-state index contributed by atoms with van der Waals surface area (Å²) in [6.07, 6.45) is 10.5. The molecule has 2 N–H and O–H groups in total. The molecule has 3 nitrogen and oxygen atoms in total. The number of piperidine rings is 1. The van der Waals surface area contributed by atoms with Crippen molar-refractivity contribution >= 4 is 0 Å². The smallest absolute Gasteiger partial charge is 0.0431 e.